The van der Waals surface area contributed by atoms with Crippen LogP contribution in [0, 0.1) is 5.92 Å². The summed E-state index contributed by atoms with van der Waals surface area (Å²) in [6, 6.07) is -3.40. The number of nitrogens with zero attached hydrogens (tertiary/aromatic N) is 1. The summed E-state index contributed by atoms with van der Waals surface area (Å²) in [6.07, 6.45) is -0.106. The van der Waals surface area contributed by atoms with Crippen LogP contribution in [0.2, 0.25) is 0 Å². The number of primary amides is 1. The zero-order valence-electron chi connectivity index (χ0n) is 17.6. The van der Waals surface area contributed by atoms with Gasteiger partial charge in [-0.3, -0.25) is 24.2 Å². The number of nitrogens with two attached hydrogens (primary N) is 4. The lowest BCUT2D eigenvalue weighted by Gasteiger charge is -2.22. The summed E-state index contributed by atoms with van der Waals surface area (Å²) < 4.78 is 0. The third-order valence-electron chi connectivity index (χ3n) is 4.06. The van der Waals surface area contributed by atoms with Crippen LogP contribution in [0.1, 0.15) is 33.1 Å². The lowest BCUT2D eigenvalue weighted by molar-refractivity contribution is -0.143. The fraction of sp³-hybridized carbons (Fsp3) is 0.647. The Kier molecular flexibility index (Phi) is 12.2. The van der Waals surface area contributed by atoms with Crippen molar-refractivity contribution in [1.82, 2.24) is 16.0 Å². The highest BCUT2D eigenvalue weighted by Gasteiger charge is 2.26. The van der Waals surface area contributed by atoms with E-state index in [9.17, 15) is 24.0 Å². The lowest BCUT2D eigenvalue weighted by atomic mass is 10.0. The predicted octanol–water partition coefficient (Wildman–Crippen LogP) is -3.93. The van der Waals surface area contributed by atoms with Crippen LogP contribution in [0.5, 0.6) is 0 Å². The standard InChI is InChI=1S/C17H32N8O6/c1-8(2)13(19)15(29)25-9(4-3-5-22-17(20)21)14(28)23-7-12(27)24-10(16(30)31)6-11(18)26/h8-10,13H,3-7,19H2,1-2H3,(H2,18,26)(H,23,28)(H,24,27)(H,25,29)(H,30,31)(H4,20,21,22). The van der Waals surface area contributed by atoms with Gasteiger partial charge in [0.05, 0.1) is 19.0 Å². The van der Waals surface area contributed by atoms with Gasteiger partial charge in [0, 0.05) is 6.54 Å². The van der Waals surface area contributed by atoms with E-state index in [1.807, 2.05) is 0 Å². The molecular formula is C17H32N8O6. The number of hydrogen-bond acceptors (Lipinski definition) is 7. The highest BCUT2D eigenvalue weighted by molar-refractivity contribution is 5.93. The Hall–Kier alpha value is -3.42. The van der Waals surface area contributed by atoms with Gasteiger partial charge in [-0.25, -0.2) is 4.79 Å². The van der Waals surface area contributed by atoms with Crippen LogP contribution in [0.3, 0.4) is 0 Å². The molecule has 0 bridgehead atoms. The molecule has 3 unspecified atom stereocenters. The van der Waals surface area contributed by atoms with Gasteiger partial charge in [0.1, 0.15) is 12.1 Å². The molecule has 31 heavy (non-hydrogen) atoms. The van der Waals surface area contributed by atoms with Crippen molar-refractivity contribution in [3.63, 3.8) is 0 Å². The molecule has 0 aromatic rings. The first-order valence-corrected chi connectivity index (χ1v) is 9.54. The summed E-state index contributed by atoms with van der Waals surface area (Å²) in [6.45, 7) is 3.12. The molecule has 12 N–H and O–H groups in total. The summed E-state index contributed by atoms with van der Waals surface area (Å²) in [4.78, 5) is 62.4. The lowest BCUT2D eigenvalue weighted by Crippen LogP contribution is -2.54. The van der Waals surface area contributed by atoms with Crippen LogP contribution in [0.15, 0.2) is 4.99 Å². The number of rotatable bonds is 14. The molecule has 0 aliphatic rings. The predicted molar refractivity (Wildman–Crippen MR) is 111 cm³/mol. The molecule has 0 aromatic carbocycles. The van der Waals surface area contributed by atoms with Crippen molar-refractivity contribution in [2.75, 3.05) is 13.1 Å². The molecule has 14 heteroatoms. The Balaban J connectivity index is 4.97. The van der Waals surface area contributed by atoms with Crippen LogP contribution < -0.4 is 38.9 Å². The van der Waals surface area contributed by atoms with E-state index in [1.165, 1.54) is 0 Å². The first kappa shape index (κ1) is 27.6. The van der Waals surface area contributed by atoms with E-state index in [-0.39, 0.29) is 24.8 Å². The van der Waals surface area contributed by atoms with Crippen LogP contribution in [0.4, 0.5) is 0 Å². The van der Waals surface area contributed by atoms with Crippen LogP contribution in [0.25, 0.3) is 0 Å². The molecule has 0 aromatic heterocycles. The highest BCUT2D eigenvalue weighted by atomic mass is 16.4. The molecular weight excluding hydrogens is 412 g/mol. The number of hydrogen-bond donors (Lipinski definition) is 8. The molecule has 0 aliphatic carbocycles. The van der Waals surface area contributed by atoms with E-state index in [2.05, 4.69) is 20.9 Å². The van der Waals surface area contributed by atoms with Crippen LogP contribution >= 0.6 is 0 Å². The largest absolute Gasteiger partial charge is 0.480 e. The minimum atomic E-state index is -1.53. The molecule has 176 valence electrons. The van der Waals surface area contributed by atoms with E-state index in [1.54, 1.807) is 13.8 Å². The molecule has 14 nitrogen and oxygen atoms in total. The number of carbonyl (C=O) groups excluding carboxylic acids is 4. The Bertz CT molecular complexity index is 692. The Labute approximate surface area is 179 Å². The van der Waals surface area contributed by atoms with Crippen molar-refractivity contribution < 1.29 is 29.1 Å². The van der Waals surface area contributed by atoms with Gasteiger partial charge in [0.25, 0.3) is 0 Å². The minimum absolute atomic E-state index is 0.118. The van der Waals surface area contributed by atoms with E-state index in [0.29, 0.717) is 6.42 Å². The van der Waals surface area contributed by atoms with Gasteiger partial charge in [0.15, 0.2) is 5.96 Å². The first-order chi connectivity index (χ1) is 14.3. The first-order valence-electron chi connectivity index (χ1n) is 9.54. The topological polar surface area (TPSA) is 258 Å². The summed E-state index contributed by atoms with van der Waals surface area (Å²) in [5, 5.41) is 15.9. The number of carboxylic acid groups (broad SMARTS) is 1. The van der Waals surface area contributed by atoms with Gasteiger partial charge in [-0.2, -0.15) is 0 Å². The average Bonchev–Trinajstić information content (AvgIpc) is 2.66. The monoisotopic (exact) mass is 444 g/mol. The maximum Gasteiger partial charge on any atom is 0.326 e. The van der Waals surface area contributed by atoms with Gasteiger partial charge in [0.2, 0.25) is 23.6 Å². The van der Waals surface area contributed by atoms with Crippen molar-refractivity contribution in [2.45, 2.75) is 51.2 Å². The van der Waals surface area contributed by atoms with Crippen molar-refractivity contribution >= 4 is 35.6 Å². The third kappa shape index (κ3) is 12.0. The quantitative estimate of drug-likeness (QED) is 0.0737. The van der Waals surface area contributed by atoms with E-state index < -0.39 is 60.7 Å². The van der Waals surface area contributed by atoms with Crippen molar-refractivity contribution in [3.05, 3.63) is 0 Å². The van der Waals surface area contributed by atoms with E-state index in [0.717, 1.165) is 0 Å². The molecule has 0 radical (unpaired) electrons. The molecule has 3 atom stereocenters. The highest BCUT2D eigenvalue weighted by Crippen LogP contribution is 2.03. The van der Waals surface area contributed by atoms with Gasteiger partial charge in [-0.15, -0.1) is 0 Å². The molecule has 0 saturated heterocycles. The second kappa shape index (κ2) is 13.7. The number of aliphatic carboxylic acids is 1. The number of guanidine groups is 1. The van der Waals surface area contributed by atoms with Crippen molar-refractivity contribution in [3.8, 4) is 0 Å². The molecule has 0 fully saturated rings. The van der Waals surface area contributed by atoms with Crippen molar-refractivity contribution in [1.29, 1.82) is 0 Å². The second-order valence-corrected chi connectivity index (χ2v) is 7.13. The Morgan fingerprint density at radius 3 is 2.06 bits per heavy atom. The zero-order chi connectivity index (χ0) is 24.1. The molecule has 4 amide bonds. The second-order valence-electron chi connectivity index (χ2n) is 7.13. The Morgan fingerprint density at radius 2 is 1.58 bits per heavy atom. The van der Waals surface area contributed by atoms with Crippen LogP contribution in [-0.4, -0.2) is 71.9 Å². The van der Waals surface area contributed by atoms with E-state index >= 15 is 0 Å². The number of carbonyl (C=O) groups is 5. The van der Waals surface area contributed by atoms with E-state index in [4.69, 9.17) is 28.0 Å². The molecule has 0 heterocycles. The summed E-state index contributed by atoms with van der Waals surface area (Å²) in [7, 11) is 0. The normalized spacial score (nSPS) is 13.4. The number of amides is 4. The van der Waals surface area contributed by atoms with Crippen molar-refractivity contribution in [2.24, 2.45) is 33.8 Å². The number of carboxylic acids is 1. The molecule has 0 rings (SSSR count). The zero-order valence-corrected chi connectivity index (χ0v) is 17.6. The Morgan fingerprint density at radius 1 is 0.968 bits per heavy atom. The maximum absolute atomic E-state index is 12.5. The van der Waals surface area contributed by atoms with Gasteiger partial charge < -0.3 is 44.0 Å². The molecule has 0 saturated carbocycles. The summed E-state index contributed by atoms with van der Waals surface area (Å²) in [5.41, 5.74) is 21.2. The maximum atomic E-state index is 12.5. The third-order valence-corrected chi connectivity index (χ3v) is 4.06. The van der Waals surface area contributed by atoms with Crippen LogP contribution in [-0.2, 0) is 24.0 Å². The van der Waals surface area contributed by atoms with Gasteiger partial charge in [-0.05, 0) is 18.8 Å². The molecule has 0 aliphatic heterocycles. The summed E-state index contributed by atoms with van der Waals surface area (Å²) in [5.74, 6) is -4.75. The smallest absolute Gasteiger partial charge is 0.326 e. The average molecular weight is 444 g/mol. The number of nitrogens with one attached hydrogen (secondary N) is 3. The fourth-order valence-corrected chi connectivity index (χ4v) is 2.28. The SMILES string of the molecule is CC(C)C(N)C(=O)NC(CCCN=C(N)N)C(=O)NCC(=O)NC(CC(N)=O)C(=O)O. The van der Waals surface area contributed by atoms with Gasteiger partial charge >= 0.3 is 5.97 Å². The molecule has 0 spiro atoms. The minimum Gasteiger partial charge on any atom is -0.480 e. The number of aliphatic imine (C=N–C) groups is 1. The van der Waals surface area contributed by atoms with Gasteiger partial charge in [-0.1, -0.05) is 13.8 Å². The summed E-state index contributed by atoms with van der Waals surface area (Å²) >= 11 is 0. The fourth-order valence-electron chi connectivity index (χ4n) is 2.28.